The standard InChI is InChI=1S/C12H8F3NO2/c13-12(14,15)9-3-1-8(2-4-9)7-16-10(17)5-6-11(16)18/h1-6H,7H2. The summed E-state index contributed by atoms with van der Waals surface area (Å²) in [5.74, 6) is -0.917. The molecule has 0 atom stereocenters. The number of carbonyl (C=O) groups is 2. The van der Waals surface area contributed by atoms with Crippen LogP contribution in [0.4, 0.5) is 13.2 Å². The summed E-state index contributed by atoms with van der Waals surface area (Å²) in [5.41, 5.74) is -0.295. The molecule has 1 aliphatic heterocycles. The molecule has 0 fully saturated rings. The quantitative estimate of drug-likeness (QED) is 0.759. The Morgan fingerprint density at radius 3 is 1.89 bits per heavy atom. The zero-order valence-corrected chi connectivity index (χ0v) is 9.07. The first-order chi connectivity index (χ1) is 8.38. The second-order valence-corrected chi connectivity index (χ2v) is 3.79. The van der Waals surface area contributed by atoms with Crippen molar-refractivity contribution in [2.45, 2.75) is 12.7 Å². The van der Waals surface area contributed by atoms with Crippen LogP contribution in [-0.4, -0.2) is 16.7 Å². The van der Waals surface area contributed by atoms with E-state index in [-0.39, 0.29) is 6.54 Å². The molecule has 1 aromatic carbocycles. The van der Waals surface area contributed by atoms with Crippen LogP contribution >= 0.6 is 0 Å². The van der Waals surface area contributed by atoms with Crippen molar-refractivity contribution >= 4 is 11.8 Å². The van der Waals surface area contributed by atoms with Crippen molar-refractivity contribution in [3.05, 3.63) is 47.5 Å². The van der Waals surface area contributed by atoms with Gasteiger partial charge in [0.2, 0.25) is 0 Å². The molecule has 6 heteroatoms. The molecule has 0 saturated carbocycles. The molecule has 0 radical (unpaired) electrons. The first-order valence-corrected chi connectivity index (χ1v) is 5.07. The number of nitrogens with zero attached hydrogens (tertiary/aromatic N) is 1. The number of carbonyl (C=O) groups excluding carboxylic acids is 2. The van der Waals surface area contributed by atoms with E-state index in [4.69, 9.17) is 0 Å². The van der Waals surface area contributed by atoms with Gasteiger partial charge >= 0.3 is 6.18 Å². The number of hydrogen-bond donors (Lipinski definition) is 0. The van der Waals surface area contributed by atoms with Gasteiger partial charge in [-0.1, -0.05) is 12.1 Å². The first-order valence-electron chi connectivity index (χ1n) is 5.07. The molecular formula is C12H8F3NO2. The van der Waals surface area contributed by atoms with Crippen molar-refractivity contribution < 1.29 is 22.8 Å². The van der Waals surface area contributed by atoms with Crippen LogP contribution in [0.3, 0.4) is 0 Å². The van der Waals surface area contributed by atoms with Crippen molar-refractivity contribution in [3.63, 3.8) is 0 Å². The Hall–Kier alpha value is -2.11. The van der Waals surface area contributed by atoms with Crippen molar-refractivity contribution in [3.8, 4) is 0 Å². The van der Waals surface area contributed by atoms with Crippen LogP contribution in [0.1, 0.15) is 11.1 Å². The lowest BCUT2D eigenvalue weighted by Gasteiger charge is -2.14. The minimum Gasteiger partial charge on any atom is -0.271 e. The lowest BCUT2D eigenvalue weighted by Crippen LogP contribution is -2.29. The van der Waals surface area contributed by atoms with E-state index in [2.05, 4.69) is 0 Å². The maximum Gasteiger partial charge on any atom is 0.416 e. The van der Waals surface area contributed by atoms with Crippen LogP contribution in [0.5, 0.6) is 0 Å². The predicted octanol–water partition coefficient (Wildman–Crippen LogP) is 2.13. The lowest BCUT2D eigenvalue weighted by molar-refractivity contribution is -0.139. The van der Waals surface area contributed by atoms with Gasteiger partial charge in [-0.3, -0.25) is 14.5 Å². The van der Waals surface area contributed by atoms with Crippen LogP contribution in [0.25, 0.3) is 0 Å². The van der Waals surface area contributed by atoms with Crippen LogP contribution in [0.15, 0.2) is 36.4 Å². The third kappa shape index (κ3) is 2.42. The van der Waals surface area contributed by atoms with Crippen molar-refractivity contribution in [1.82, 2.24) is 4.90 Å². The minimum atomic E-state index is -4.39. The number of rotatable bonds is 2. The Morgan fingerprint density at radius 2 is 1.44 bits per heavy atom. The monoisotopic (exact) mass is 255 g/mol. The Labute approximate surface area is 101 Å². The average molecular weight is 255 g/mol. The summed E-state index contributed by atoms with van der Waals surface area (Å²) in [6.07, 6.45) is -2.13. The molecule has 0 spiro atoms. The topological polar surface area (TPSA) is 37.4 Å². The highest BCUT2D eigenvalue weighted by Gasteiger charge is 2.30. The van der Waals surface area contributed by atoms with Gasteiger partial charge in [-0.05, 0) is 17.7 Å². The van der Waals surface area contributed by atoms with Crippen molar-refractivity contribution in [2.24, 2.45) is 0 Å². The van der Waals surface area contributed by atoms with Crippen LogP contribution in [-0.2, 0) is 22.3 Å². The number of amides is 2. The van der Waals surface area contributed by atoms with Crippen molar-refractivity contribution in [2.75, 3.05) is 0 Å². The molecular weight excluding hydrogens is 247 g/mol. The number of imide groups is 1. The highest BCUT2D eigenvalue weighted by Crippen LogP contribution is 2.29. The Morgan fingerprint density at radius 1 is 0.944 bits per heavy atom. The fraction of sp³-hybridized carbons (Fsp3) is 0.167. The Balaban J connectivity index is 2.12. The Bertz CT molecular complexity index is 499. The van der Waals surface area contributed by atoms with E-state index in [1.165, 1.54) is 12.1 Å². The van der Waals surface area contributed by atoms with Gasteiger partial charge < -0.3 is 0 Å². The second kappa shape index (κ2) is 4.29. The maximum absolute atomic E-state index is 12.3. The minimum absolute atomic E-state index is 0.0250. The summed E-state index contributed by atoms with van der Waals surface area (Å²) in [7, 11) is 0. The zero-order chi connectivity index (χ0) is 13.3. The third-order valence-electron chi connectivity index (χ3n) is 2.52. The largest absolute Gasteiger partial charge is 0.416 e. The normalized spacial score (nSPS) is 15.6. The zero-order valence-electron chi connectivity index (χ0n) is 9.07. The van der Waals surface area contributed by atoms with E-state index >= 15 is 0 Å². The summed E-state index contributed by atoms with van der Waals surface area (Å²) in [6, 6.07) is 4.35. The first kappa shape index (κ1) is 12.3. The lowest BCUT2D eigenvalue weighted by atomic mass is 10.1. The predicted molar refractivity (Wildman–Crippen MR) is 56.1 cm³/mol. The number of halogens is 3. The van der Waals surface area contributed by atoms with E-state index < -0.39 is 23.6 Å². The maximum atomic E-state index is 12.3. The SMILES string of the molecule is O=C1C=CC(=O)N1Cc1ccc(C(F)(F)F)cc1. The van der Waals surface area contributed by atoms with Gasteiger partial charge in [0.15, 0.2) is 0 Å². The fourth-order valence-electron chi connectivity index (χ4n) is 1.57. The summed E-state index contributed by atoms with van der Waals surface area (Å²) in [4.78, 5) is 23.5. The molecule has 3 nitrogen and oxygen atoms in total. The van der Waals surface area contributed by atoms with E-state index in [0.717, 1.165) is 29.2 Å². The molecule has 1 aliphatic rings. The average Bonchev–Trinajstić information content (AvgIpc) is 2.60. The smallest absolute Gasteiger partial charge is 0.271 e. The molecule has 94 valence electrons. The fourth-order valence-corrected chi connectivity index (χ4v) is 1.57. The molecule has 1 aromatic rings. The molecule has 0 saturated heterocycles. The Kier molecular flexibility index (Phi) is 2.94. The molecule has 0 bridgehead atoms. The van der Waals surface area contributed by atoms with Crippen LogP contribution < -0.4 is 0 Å². The number of hydrogen-bond acceptors (Lipinski definition) is 2. The highest BCUT2D eigenvalue weighted by atomic mass is 19.4. The van der Waals surface area contributed by atoms with E-state index in [1.54, 1.807) is 0 Å². The van der Waals surface area contributed by atoms with E-state index in [0.29, 0.717) is 5.56 Å². The molecule has 18 heavy (non-hydrogen) atoms. The van der Waals surface area contributed by atoms with Gasteiger partial charge in [-0.15, -0.1) is 0 Å². The van der Waals surface area contributed by atoms with Gasteiger partial charge in [0.05, 0.1) is 12.1 Å². The van der Waals surface area contributed by atoms with Crippen LogP contribution in [0, 0.1) is 0 Å². The van der Waals surface area contributed by atoms with E-state index in [1.807, 2.05) is 0 Å². The molecule has 1 heterocycles. The summed E-state index contributed by atoms with van der Waals surface area (Å²) in [5, 5.41) is 0. The van der Waals surface area contributed by atoms with Crippen molar-refractivity contribution in [1.29, 1.82) is 0 Å². The molecule has 2 amide bonds. The number of benzene rings is 1. The van der Waals surface area contributed by atoms with E-state index in [9.17, 15) is 22.8 Å². The molecule has 0 aliphatic carbocycles. The number of alkyl halides is 3. The molecule has 0 N–H and O–H groups in total. The van der Waals surface area contributed by atoms with Gasteiger partial charge in [0.1, 0.15) is 0 Å². The van der Waals surface area contributed by atoms with Gasteiger partial charge in [0.25, 0.3) is 11.8 Å². The molecule has 2 rings (SSSR count). The molecule has 0 aromatic heterocycles. The highest BCUT2D eigenvalue weighted by molar-refractivity contribution is 6.12. The van der Waals surface area contributed by atoms with Crippen LogP contribution in [0.2, 0.25) is 0 Å². The van der Waals surface area contributed by atoms with Gasteiger partial charge in [0, 0.05) is 12.2 Å². The summed E-state index contributed by atoms with van der Waals surface area (Å²) in [6.45, 7) is -0.0250. The van der Waals surface area contributed by atoms with Gasteiger partial charge in [-0.25, -0.2) is 0 Å². The second-order valence-electron chi connectivity index (χ2n) is 3.79. The van der Waals surface area contributed by atoms with Gasteiger partial charge in [-0.2, -0.15) is 13.2 Å². The summed E-state index contributed by atoms with van der Waals surface area (Å²) < 4.78 is 37.0. The summed E-state index contributed by atoms with van der Waals surface area (Å²) >= 11 is 0. The third-order valence-corrected chi connectivity index (χ3v) is 2.52. The molecule has 0 unspecified atom stereocenters.